The van der Waals surface area contributed by atoms with E-state index in [0.29, 0.717) is 11.4 Å². The molecule has 2 aromatic carbocycles. The summed E-state index contributed by atoms with van der Waals surface area (Å²) in [6.07, 6.45) is 3.88. The molecule has 0 unspecified atom stereocenters. The summed E-state index contributed by atoms with van der Waals surface area (Å²) in [6.45, 7) is 0. The highest BCUT2D eigenvalue weighted by molar-refractivity contribution is 6.30. The number of carbonyl (C=O) groups is 1. The number of nitrogens with one attached hydrogen (secondary N) is 2. The van der Waals surface area contributed by atoms with E-state index in [2.05, 4.69) is 10.9 Å². The molecule has 2 rings (SSSR count). The van der Waals surface area contributed by atoms with Gasteiger partial charge in [0.1, 0.15) is 0 Å². The quantitative estimate of drug-likeness (QED) is 0.829. The topological polar surface area (TPSA) is 41.1 Å². The third kappa shape index (κ3) is 4.78. The molecule has 102 valence electrons. The molecule has 0 spiro atoms. The van der Waals surface area contributed by atoms with Crippen molar-refractivity contribution in [2.45, 2.75) is 6.42 Å². The lowest BCUT2D eigenvalue weighted by Crippen LogP contribution is -2.34. The Balaban J connectivity index is 1.75. The number of rotatable bonds is 5. The minimum absolute atomic E-state index is 0.106. The normalized spacial score (nSPS) is 10.4. The van der Waals surface area contributed by atoms with Crippen molar-refractivity contribution < 1.29 is 4.79 Å². The van der Waals surface area contributed by atoms with Crippen LogP contribution in [0.1, 0.15) is 11.1 Å². The molecule has 0 fully saturated rings. The van der Waals surface area contributed by atoms with E-state index in [1.54, 1.807) is 18.3 Å². The monoisotopic (exact) mass is 286 g/mol. The molecule has 0 atom stereocenters. The first-order valence-corrected chi connectivity index (χ1v) is 6.62. The second-order valence-corrected chi connectivity index (χ2v) is 4.68. The molecule has 0 radical (unpaired) electrons. The van der Waals surface area contributed by atoms with Gasteiger partial charge in [0.25, 0.3) is 0 Å². The summed E-state index contributed by atoms with van der Waals surface area (Å²) in [5.74, 6) is -0.106. The number of amides is 1. The van der Waals surface area contributed by atoms with E-state index in [1.165, 1.54) is 0 Å². The van der Waals surface area contributed by atoms with Gasteiger partial charge >= 0.3 is 0 Å². The lowest BCUT2D eigenvalue weighted by Gasteiger charge is -2.04. The van der Waals surface area contributed by atoms with Crippen LogP contribution in [-0.4, -0.2) is 5.91 Å². The van der Waals surface area contributed by atoms with Crippen molar-refractivity contribution in [2.24, 2.45) is 0 Å². The molecule has 3 nitrogen and oxygen atoms in total. The Labute approximate surface area is 123 Å². The van der Waals surface area contributed by atoms with Crippen LogP contribution in [0.5, 0.6) is 0 Å². The molecule has 0 heterocycles. The lowest BCUT2D eigenvalue weighted by atomic mass is 10.1. The predicted molar refractivity (Wildman–Crippen MR) is 81.9 cm³/mol. The highest BCUT2D eigenvalue weighted by Gasteiger charge is 2.01. The molecule has 20 heavy (non-hydrogen) atoms. The molecular weight excluding hydrogens is 272 g/mol. The van der Waals surface area contributed by atoms with Gasteiger partial charge in [-0.15, -0.1) is 0 Å². The third-order valence-electron chi connectivity index (χ3n) is 2.65. The van der Waals surface area contributed by atoms with Crippen LogP contribution in [0.25, 0.3) is 6.08 Å². The van der Waals surface area contributed by atoms with Crippen LogP contribution in [0.4, 0.5) is 0 Å². The van der Waals surface area contributed by atoms with E-state index < -0.39 is 0 Å². The predicted octanol–water partition coefficient (Wildman–Crippen LogP) is 3.17. The molecule has 2 aromatic rings. The maximum absolute atomic E-state index is 11.7. The highest BCUT2D eigenvalue weighted by Crippen LogP contribution is 2.09. The second kappa shape index (κ2) is 7.36. The van der Waals surface area contributed by atoms with Crippen LogP contribution < -0.4 is 10.9 Å². The van der Waals surface area contributed by atoms with Gasteiger partial charge in [0.2, 0.25) is 5.91 Å². The standard InChI is InChI=1S/C16H15ClN2O/c17-15-8-6-14(7-9-15)12-16(20)19-18-11-10-13-4-2-1-3-5-13/h1-11,18H,12H2,(H,19,20)/b11-10+. The first kappa shape index (κ1) is 14.2. The molecule has 0 aliphatic rings. The summed E-state index contributed by atoms with van der Waals surface area (Å²) in [7, 11) is 0. The van der Waals surface area contributed by atoms with Crippen molar-refractivity contribution in [1.82, 2.24) is 10.9 Å². The molecule has 0 bridgehead atoms. The Hall–Kier alpha value is -2.26. The van der Waals surface area contributed by atoms with E-state index in [9.17, 15) is 4.79 Å². The zero-order valence-electron chi connectivity index (χ0n) is 10.8. The van der Waals surface area contributed by atoms with Gasteiger partial charge < -0.3 is 5.43 Å². The third-order valence-corrected chi connectivity index (χ3v) is 2.90. The summed E-state index contributed by atoms with van der Waals surface area (Å²) < 4.78 is 0. The molecule has 0 aliphatic heterocycles. The number of hydrogen-bond acceptors (Lipinski definition) is 2. The van der Waals surface area contributed by atoms with Gasteiger partial charge in [0.05, 0.1) is 6.42 Å². The maximum atomic E-state index is 11.7. The van der Waals surface area contributed by atoms with Gasteiger partial charge in [0, 0.05) is 11.2 Å². The number of carbonyl (C=O) groups excluding carboxylic acids is 1. The molecular formula is C16H15ClN2O. The van der Waals surface area contributed by atoms with E-state index in [0.717, 1.165) is 11.1 Å². The Morgan fingerprint density at radius 3 is 2.45 bits per heavy atom. The first-order chi connectivity index (χ1) is 9.74. The highest BCUT2D eigenvalue weighted by atomic mass is 35.5. The summed E-state index contributed by atoms with van der Waals surface area (Å²) in [5, 5.41) is 0.665. The summed E-state index contributed by atoms with van der Waals surface area (Å²) in [6, 6.07) is 17.0. The molecule has 2 N–H and O–H groups in total. The average Bonchev–Trinajstić information content (AvgIpc) is 2.47. The van der Waals surface area contributed by atoms with E-state index in [-0.39, 0.29) is 5.91 Å². The van der Waals surface area contributed by atoms with Crippen LogP contribution in [0.2, 0.25) is 5.02 Å². The summed E-state index contributed by atoms with van der Waals surface area (Å²) >= 11 is 5.79. The van der Waals surface area contributed by atoms with E-state index >= 15 is 0 Å². The van der Waals surface area contributed by atoms with Crippen LogP contribution in [-0.2, 0) is 11.2 Å². The zero-order chi connectivity index (χ0) is 14.2. The van der Waals surface area contributed by atoms with E-state index in [4.69, 9.17) is 11.6 Å². The second-order valence-electron chi connectivity index (χ2n) is 4.24. The van der Waals surface area contributed by atoms with Crippen LogP contribution >= 0.6 is 11.6 Å². The van der Waals surface area contributed by atoms with Gasteiger partial charge in [-0.1, -0.05) is 54.1 Å². The van der Waals surface area contributed by atoms with Crippen LogP contribution in [0.15, 0.2) is 60.8 Å². The molecule has 0 aliphatic carbocycles. The average molecular weight is 287 g/mol. The Morgan fingerprint density at radius 1 is 1.05 bits per heavy atom. The fourth-order valence-electron chi connectivity index (χ4n) is 1.66. The van der Waals surface area contributed by atoms with Gasteiger partial charge in [-0.05, 0) is 29.3 Å². The molecule has 4 heteroatoms. The van der Waals surface area contributed by atoms with Crippen molar-refractivity contribution in [2.75, 3.05) is 0 Å². The van der Waals surface area contributed by atoms with Crippen molar-refractivity contribution in [3.8, 4) is 0 Å². The largest absolute Gasteiger partial charge is 0.306 e. The van der Waals surface area contributed by atoms with Crippen molar-refractivity contribution >= 4 is 23.6 Å². The first-order valence-electron chi connectivity index (χ1n) is 6.24. The summed E-state index contributed by atoms with van der Waals surface area (Å²) in [4.78, 5) is 11.7. The van der Waals surface area contributed by atoms with Crippen LogP contribution in [0, 0.1) is 0 Å². The Bertz CT molecular complexity index is 579. The maximum Gasteiger partial charge on any atom is 0.242 e. The Kier molecular flexibility index (Phi) is 5.21. The van der Waals surface area contributed by atoms with Gasteiger partial charge in [-0.3, -0.25) is 10.2 Å². The van der Waals surface area contributed by atoms with Crippen molar-refractivity contribution in [3.63, 3.8) is 0 Å². The summed E-state index contributed by atoms with van der Waals surface area (Å²) in [5.41, 5.74) is 7.35. The minimum Gasteiger partial charge on any atom is -0.306 e. The fraction of sp³-hybridized carbons (Fsp3) is 0.0625. The molecule has 0 saturated heterocycles. The van der Waals surface area contributed by atoms with Crippen molar-refractivity contribution in [1.29, 1.82) is 0 Å². The van der Waals surface area contributed by atoms with Crippen LogP contribution in [0.3, 0.4) is 0 Å². The Morgan fingerprint density at radius 2 is 1.75 bits per heavy atom. The van der Waals surface area contributed by atoms with Gasteiger partial charge in [-0.2, -0.15) is 0 Å². The fourth-order valence-corrected chi connectivity index (χ4v) is 1.78. The lowest BCUT2D eigenvalue weighted by molar-refractivity contribution is -0.121. The van der Waals surface area contributed by atoms with E-state index in [1.807, 2.05) is 48.5 Å². The zero-order valence-corrected chi connectivity index (χ0v) is 11.6. The molecule has 0 aromatic heterocycles. The van der Waals surface area contributed by atoms with Gasteiger partial charge in [0.15, 0.2) is 0 Å². The number of benzene rings is 2. The number of hydrazine groups is 1. The molecule has 1 amide bonds. The SMILES string of the molecule is O=C(Cc1ccc(Cl)cc1)NN/C=C/c1ccccc1. The minimum atomic E-state index is -0.106. The molecule has 0 saturated carbocycles. The smallest absolute Gasteiger partial charge is 0.242 e. The van der Waals surface area contributed by atoms with Crippen molar-refractivity contribution in [3.05, 3.63) is 76.9 Å². The number of halogens is 1. The van der Waals surface area contributed by atoms with Gasteiger partial charge in [-0.25, -0.2) is 0 Å². The number of hydrogen-bond donors (Lipinski definition) is 2.